The molecule has 1 saturated heterocycles. The highest BCUT2D eigenvalue weighted by atomic mass is 16.8. The molecule has 67 heavy (non-hydrogen) atoms. The average Bonchev–Trinajstić information content (AvgIpc) is 3.73. The van der Waals surface area contributed by atoms with Gasteiger partial charge < -0.3 is 19.7 Å². The lowest BCUT2D eigenvalue weighted by Gasteiger charge is -2.44. The van der Waals surface area contributed by atoms with E-state index in [1.165, 1.54) is 0 Å². The Morgan fingerprint density at radius 3 is 0.731 bits per heavy atom. The molecule has 12 aromatic rings. The Morgan fingerprint density at radius 2 is 0.493 bits per heavy atom. The number of hydrogen-bond donors (Lipinski definition) is 2. The molecule has 0 saturated carbocycles. The Kier molecular flexibility index (Phi) is 8.80. The van der Waals surface area contributed by atoms with Crippen LogP contribution in [0.3, 0.4) is 0 Å². The number of benzene rings is 12. The Hall–Kier alpha value is -7.44. The molecule has 4 heteroatoms. The summed E-state index contributed by atoms with van der Waals surface area (Å²) in [6, 6.07) is 75.2. The van der Waals surface area contributed by atoms with Gasteiger partial charge in [-0.1, -0.05) is 194 Å². The first-order valence-corrected chi connectivity index (χ1v) is 23.2. The third-order valence-electron chi connectivity index (χ3n) is 14.6. The number of aliphatic hydroxyl groups is 2. The van der Waals surface area contributed by atoms with Gasteiger partial charge >= 0.3 is 0 Å². The summed E-state index contributed by atoms with van der Waals surface area (Å²) in [5.41, 5.74) is -1.28. The molecule has 0 bridgehead atoms. The van der Waals surface area contributed by atoms with Crippen molar-refractivity contribution in [1.29, 1.82) is 0 Å². The van der Waals surface area contributed by atoms with E-state index in [2.05, 4.69) is 170 Å². The number of rotatable bonds is 6. The van der Waals surface area contributed by atoms with Gasteiger partial charge in [-0.3, -0.25) is 0 Å². The fraction of sp³-hybridized carbons (Fsp3) is 0.111. The summed E-state index contributed by atoms with van der Waals surface area (Å²) in [5.74, 6) is -1.28. The van der Waals surface area contributed by atoms with E-state index in [1.54, 1.807) is 0 Å². The number of ether oxygens (including phenoxy) is 2. The van der Waals surface area contributed by atoms with Gasteiger partial charge in [0, 0.05) is 0 Å². The molecule has 4 nitrogen and oxygen atoms in total. The average molecular weight is 867 g/mol. The van der Waals surface area contributed by atoms with E-state index in [1.807, 2.05) is 62.4 Å². The molecule has 2 atom stereocenters. The van der Waals surface area contributed by atoms with Gasteiger partial charge in [0.1, 0.15) is 23.4 Å². The molecule has 0 radical (unpaired) electrons. The van der Waals surface area contributed by atoms with Crippen LogP contribution in [0.25, 0.3) is 86.2 Å². The molecule has 0 aromatic heterocycles. The van der Waals surface area contributed by atoms with Crippen LogP contribution in [0.15, 0.2) is 218 Å². The highest BCUT2D eigenvalue weighted by Crippen LogP contribution is 2.56. The van der Waals surface area contributed by atoms with Crippen molar-refractivity contribution < 1.29 is 19.7 Å². The van der Waals surface area contributed by atoms with Crippen LogP contribution in [0.5, 0.6) is 0 Å². The van der Waals surface area contributed by atoms with Crippen LogP contribution < -0.4 is 0 Å². The number of hydrogen-bond acceptors (Lipinski definition) is 4. The van der Waals surface area contributed by atoms with Crippen molar-refractivity contribution >= 4 is 86.2 Å². The molecule has 0 amide bonds. The SMILES string of the molecule is CC1(C)OC(C(O)(c2cc3ccccc3c3ccccc23)c2cc3ccccc3c3ccccc23)C(C(O)(c2cc3ccccc3c3ccccc23)c2cc3ccccc3c3ccccc23)O1. The molecule has 1 fully saturated rings. The summed E-state index contributed by atoms with van der Waals surface area (Å²) in [6.45, 7) is 3.80. The summed E-state index contributed by atoms with van der Waals surface area (Å²) in [5, 5.41) is 45.9. The summed E-state index contributed by atoms with van der Waals surface area (Å²) in [6.07, 6.45) is -2.42. The lowest BCUT2D eigenvalue weighted by atomic mass is 9.68. The van der Waals surface area contributed by atoms with Gasteiger partial charge in [0.15, 0.2) is 5.79 Å². The van der Waals surface area contributed by atoms with Crippen molar-refractivity contribution in [3.05, 3.63) is 241 Å². The second kappa shape index (κ2) is 14.8. The molecule has 2 N–H and O–H groups in total. The standard InChI is InChI=1S/C63H46O4/c1-61(2)66-59(62(64,55-35-39-19-3-7-23-43(39)47-27-11-15-31-51(47)55)56-36-40-20-4-8-24-44(40)48-28-12-16-32-52(48)56)60(67-61)63(65,57-37-41-21-5-9-25-45(41)49-29-13-17-33-53(49)57)58-38-42-22-6-10-26-46(42)50-30-14-18-34-54(50)58/h3-38,59-60,64-65H,1-2H3. The van der Waals surface area contributed by atoms with E-state index in [4.69, 9.17) is 9.47 Å². The Bertz CT molecular complexity index is 3480. The van der Waals surface area contributed by atoms with Crippen LogP contribution in [-0.4, -0.2) is 28.2 Å². The molecule has 12 aromatic carbocycles. The van der Waals surface area contributed by atoms with E-state index in [9.17, 15) is 0 Å². The molecule has 1 aliphatic heterocycles. The molecular weight excluding hydrogens is 821 g/mol. The highest BCUT2D eigenvalue weighted by Gasteiger charge is 2.62. The first kappa shape index (κ1) is 39.9. The van der Waals surface area contributed by atoms with E-state index < -0.39 is 29.2 Å². The van der Waals surface area contributed by atoms with Gasteiger partial charge in [0.25, 0.3) is 0 Å². The van der Waals surface area contributed by atoms with Gasteiger partial charge in [-0.2, -0.15) is 0 Å². The second-order valence-corrected chi connectivity index (χ2v) is 18.8. The minimum absolute atomic E-state index is 0.660. The third kappa shape index (κ3) is 5.88. The quantitative estimate of drug-likeness (QED) is 0.164. The lowest BCUT2D eigenvalue weighted by molar-refractivity contribution is -0.172. The minimum Gasteiger partial charge on any atom is -0.377 e. The molecule has 322 valence electrons. The summed E-state index contributed by atoms with van der Waals surface area (Å²) < 4.78 is 14.8. The molecule has 1 aliphatic rings. The van der Waals surface area contributed by atoms with Crippen LogP contribution >= 0.6 is 0 Å². The Morgan fingerprint density at radius 1 is 0.299 bits per heavy atom. The van der Waals surface area contributed by atoms with E-state index in [-0.39, 0.29) is 0 Å². The molecule has 1 heterocycles. The van der Waals surface area contributed by atoms with Crippen molar-refractivity contribution in [1.82, 2.24) is 0 Å². The molecule has 0 aliphatic carbocycles. The maximum atomic E-state index is 15.1. The molecular formula is C63H46O4. The van der Waals surface area contributed by atoms with Crippen LogP contribution in [-0.2, 0) is 20.7 Å². The van der Waals surface area contributed by atoms with E-state index in [0.717, 1.165) is 86.2 Å². The first-order valence-electron chi connectivity index (χ1n) is 23.2. The van der Waals surface area contributed by atoms with Crippen LogP contribution in [0.2, 0.25) is 0 Å². The molecule has 13 rings (SSSR count). The van der Waals surface area contributed by atoms with Crippen molar-refractivity contribution in [2.24, 2.45) is 0 Å². The minimum atomic E-state index is -1.96. The summed E-state index contributed by atoms with van der Waals surface area (Å²) >= 11 is 0. The van der Waals surface area contributed by atoms with Gasteiger partial charge in [0.05, 0.1) is 0 Å². The van der Waals surface area contributed by atoms with E-state index >= 15 is 10.2 Å². The Labute approximate surface area is 387 Å². The maximum Gasteiger partial charge on any atom is 0.164 e. The zero-order valence-electron chi connectivity index (χ0n) is 37.2. The van der Waals surface area contributed by atoms with Crippen molar-refractivity contribution in [3.8, 4) is 0 Å². The monoisotopic (exact) mass is 866 g/mol. The summed E-state index contributed by atoms with van der Waals surface area (Å²) in [7, 11) is 0. The largest absolute Gasteiger partial charge is 0.377 e. The van der Waals surface area contributed by atoms with Crippen molar-refractivity contribution in [3.63, 3.8) is 0 Å². The normalized spacial score (nSPS) is 16.7. The Balaban J connectivity index is 1.21. The zero-order valence-corrected chi connectivity index (χ0v) is 37.2. The third-order valence-corrected chi connectivity index (χ3v) is 14.6. The van der Waals surface area contributed by atoms with Gasteiger partial charge in [-0.05, 0) is 147 Å². The van der Waals surface area contributed by atoms with E-state index in [0.29, 0.717) is 22.3 Å². The van der Waals surface area contributed by atoms with Crippen LogP contribution in [0, 0.1) is 0 Å². The fourth-order valence-corrected chi connectivity index (χ4v) is 11.8. The maximum absolute atomic E-state index is 15.1. The predicted molar refractivity (Wildman–Crippen MR) is 276 cm³/mol. The van der Waals surface area contributed by atoms with Gasteiger partial charge in [0.2, 0.25) is 0 Å². The topological polar surface area (TPSA) is 58.9 Å². The smallest absolute Gasteiger partial charge is 0.164 e. The highest BCUT2D eigenvalue weighted by molar-refractivity contribution is 6.14. The predicted octanol–water partition coefficient (Wildman–Crippen LogP) is 14.6. The zero-order chi connectivity index (χ0) is 45.1. The molecule has 2 unspecified atom stereocenters. The van der Waals surface area contributed by atoms with Gasteiger partial charge in [-0.25, -0.2) is 0 Å². The first-order chi connectivity index (χ1) is 32.7. The number of fused-ring (bicyclic) bond motifs is 12. The van der Waals surface area contributed by atoms with Gasteiger partial charge in [-0.15, -0.1) is 0 Å². The van der Waals surface area contributed by atoms with Crippen LogP contribution in [0.4, 0.5) is 0 Å². The second-order valence-electron chi connectivity index (χ2n) is 18.8. The van der Waals surface area contributed by atoms with Crippen LogP contribution in [0.1, 0.15) is 36.1 Å². The lowest BCUT2D eigenvalue weighted by Crippen LogP contribution is -2.55. The van der Waals surface area contributed by atoms with Crippen molar-refractivity contribution in [2.75, 3.05) is 0 Å². The fourth-order valence-electron chi connectivity index (χ4n) is 11.8. The molecule has 0 spiro atoms. The summed E-state index contributed by atoms with van der Waals surface area (Å²) in [4.78, 5) is 0. The van der Waals surface area contributed by atoms with Crippen molar-refractivity contribution in [2.45, 2.75) is 43.0 Å².